The largest absolute Gasteiger partial charge is 0.508 e. The highest BCUT2D eigenvalue weighted by molar-refractivity contribution is 5.96. The molecule has 6 amide bonds. The van der Waals surface area contributed by atoms with E-state index in [4.69, 9.17) is 17.2 Å². The van der Waals surface area contributed by atoms with E-state index in [2.05, 4.69) is 31.6 Å². The normalized spacial score (nSPS) is 22.3. The summed E-state index contributed by atoms with van der Waals surface area (Å²) in [5.74, 6) is -3.73. The number of carbonyl (C=O) groups is 6. The van der Waals surface area contributed by atoms with Gasteiger partial charge >= 0.3 is 0 Å². The Labute approximate surface area is 340 Å². The molecule has 2 aromatic rings. The molecule has 0 radical (unpaired) electrons. The molecule has 1 aliphatic heterocycles. The maximum atomic E-state index is 14.2. The average Bonchev–Trinajstić information content (AvgIpc) is 3.19. The molecular weight excluding hydrogens is 745 g/mol. The van der Waals surface area contributed by atoms with Crippen LogP contribution in [0.5, 0.6) is 5.75 Å². The highest BCUT2D eigenvalue weighted by atomic mass is 16.3. The molecule has 0 bridgehead atoms. The second kappa shape index (κ2) is 23.5. The molecule has 0 aliphatic carbocycles. The summed E-state index contributed by atoms with van der Waals surface area (Å²) in [4.78, 5) is 87.8. The van der Waals surface area contributed by atoms with Crippen molar-refractivity contribution in [2.45, 2.75) is 115 Å². The Morgan fingerprint density at radius 2 is 1.55 bits per heavy atom. The first-order valence-corrected chi connectivity index (χ1v) is 20.0. The van der Waals surface area contributed by atoms with E-state index in [1.54, 1.807) is 26.0 Å². The van der Waals surface area contributed by atoms with Crippen molar-refractivity contribution in [3.05, 3.63) is 65.7 Å². The van der Waals surface area contributed by atoms with Crippen LogP contribution in [0.2, 0.25) is 0 Å². The van der Waals surface area contributed by atoms with Crippen LogP contribution in [0.25, 0.3) is 0 Å². The van der Waals surface area contributed by atoms with Crippen LogP contribution in [0.1, 0.15) is 76.8 Å². The third kappa shape index (κ3) is 15.3. The molecule has 17 heteroatoms. The predicted molar refractivity (Wildman–Crippen MR) is 221 cm³/mol. The maximum Gasteiger partial charge on any atom is 0.245 e. The van der Waals surface area contributed by atoms with Gasteiger partial charge in [-0.15, -0.1) is 0 Å². The average molecular weight is 807 g/mol. The number of carbonyl (C=O) groups excluding carboxylic acids is 6. The zero-order valence-electron chi connectivity index (χ0n) is 34.0. The molecule has 6 atom stereocenters. The fourth-order valence-corrected chi connectivity index (χ4v) is 6.42. The molecule has 3 rings (SSSR count). The molecule has 1 saturated heterocycles. The summed E-state index contributed by atoms with van der Waals surface area (Å²) in [5.41, 5.74) is 18.6. The number of rotatable bonds is 13. The molecule has 0 aromatic heterocycles. The Morgan fingerprint density at radius 3 is 2.21 bits per heavy atom. The van der Waals surface area contributed by atoms with Crippen LogP contribution in [-0.2, 0) is 41.6 Å². The van der Waals surface area contributed by atoms with Crippen molar-refractivity contribution in [3.63, 3.8) is 0 Å². The Bertz CT molecular complexity index is 1700. The number of phenolic OH excluding ortho intramolecular Hbond substituents is 1. The fraction of sp³-hybridized carbons (Fsp3) is 0.537. The van der Waals surface area contributed by atoms with E-state index in [9.17, 15) is 33.9 Å². The van der Waals surface area contributed by atoms with Crippen LogP contribution in [0.3, 0.4) is 0 Å². The van der Waals surface area contributed by atoms with Gasteiger partial charge in [0.15, 0.2) is 5.96 Å². The Hall–Kier alpha value is -5.71. The molecule has 2 aromatic carbocycles. The summed E-state index contributed by atoms with van der Waals surface area (Å²) in [5, 5.41) is 23.8. The molecule has 58 heavy (non-hydrogen) atoms. The van der Waals surface area contributed by atoms with E-state index in [-0.39, 0.29) is 37.5 Å². The number of likely N-dealkylation sites (N-methyl/N-ethyl adjacent to an activating group) is 1. The lowest BCUT2D eigenvalue weighted by molar-refractivity contribution is -0.142. The molecule has 0 spiro atoms. The van der Waals surface area contributed by atoms with Gasteiger partial charge in [0.1, 0.15) is 36.0 Å². The third-order valence-corrected chi connectivity index (χ3v) is 10.1. The van der Waals surface area contributed by atoms with E-state index in [0.29, 0.717) is 45.1 Å². The van der Waals surface area contributed by atoms with Gasteiger partial charge in [-0.05, 0) is 87.5 Å². The number of hydrogen-bond donors (Lipinski definition) is 9. The minimum absolute atomic E-state index is 0.0283. The van der Waals surface area contributed by atoms with Crippen LogP contribution in [0, 0.1) is 5.92 Å². The van der Waals surface area contributed by atoms with Gasteiger partial charge < -0.3 is 53.8 Å². The topological polar surface area (TPSA) is 276 Å². The van der Waals surface area contributed by atoms with E-state index < -0.39 is 77.6 Å². The molecule has 3 unspecified atom stereocenters. The van der Waals surface area contributed by atoms with Crippen molar-refractivity contribution in [1.82, 2.24) is 31.5 Å². The lowest BCUT2D eigenvalue weighted by atomic mass is 9.99. The van der Waals surface area contributed by atoms with Crippen molar-refractivity contribution in [2.75, 3.05) is 20.1 Å². The number of aryl methyl sites for hydroxylation is 1. The number of nitrogens with one attached hydrogen (secondary N) is 5. The zero-order chi connectivity index (χ0) is 42.8. The molecular formula is C41H62N10O7. The summed E-state index contributed by atoms with van der Waals surface area (Å²) >= 11 is 0. The minimum Gasteiger partial charge on any atom is -0.508 e. The lowest BCUT2D eigenvalue weighted by Gasteiger charge is -2.31. The fourth-order valence-electron chi connectivity index (χ4n) is 6.42. The number of guanidine groups is 1. The highest BCUT2D eigenvalue weighted by Gasteiger charge is 2.35. The molecule has 318 valence electrons. The van der Waals surface area contributed by atoms with Crippen molar-refractivity contribution < 1.29 is 33.9 Å². The first kappa shape index (κ1) is 46.7. The van der Waals surface area contributed by atoms with Gasteiger partial charge in [-0.1, -0.05) is 56.3 Å². The Morgan fingerprint density at radius 1 is 0.879 bits per heavy atom. The van der Waals surface area contributed by atoms with Gasteiger partial charge in [0.05, 0.1) is 6.04 Å². The van der Waals surface area contributed by atoms with Gasteiger partial charge in [0.25, 0.3) is 0 Å². The van der Waals surface area contributed by atoms with Crippen LogP contribution in [0.4, 0.5) is 0 Å². The number of hydrogen-bond acceptors (Lipinski definition) is 9. The second-order valence-electron chi connectivity index (χ2n) is 15.1. The van der Waals surface area contributed by atoms with Gasteiger partial charge in [-0.2, -0.15) is 0 Å². The van der Waals surface area contributed by atoms with Gasteiger partial charge in [0, 0.05) is 26.6 Å². The first-order chi connectivity index (χ1) is 27.6. The number of aliphatic imine (C=N–C) groups is 1. The first-order valence-electron chi connectivity index (χ1n) is 20.0. The number of unbranched alkanes of at least 4 members (excludes halogenated alkanes) is 1. The Balaban J connectivity index is 1.92. The number of phenols is 1. The number of nitrogens with zero attached hydrogens (tertiary/aromatic N) is 2. The second-order valence-corrected chi connectivity index (χ2v) is 15.1. The SMILES string of the molecule is CC(C)C1NC(=O)C(NC(=O)[C@@H](N)CCCCN=C(N)N)CCCCNC(=O)[C@H](Cc2ccccc2)NC(=O)[C@H](C)N(C)C(=O)C(CCc2ccc(O)cc2)NC1=O. The number of amides is 6. The van der Waals surface area contributed by atoms with Crippen LogP contribution < -0.4 is 43.8 Å². The predicted octanol–water partition coefficient (Wildman–Crippen LogP) is 0.0807. The molecule has 1 aliphatic rings. The van der Waals surface area contributed by atoms with E-state index in [1.807, 2.05) is 30.3 Å². The summed E-state index contributed by atoms with van der Waals surface area (Å²) < 4.78 is 0. The summed E-state index contributed by atoms with van der Waals surface area (Å²) in [6.07, 6.45) is 3.10. The number of aromatic hydroxyl groups is 1. The third-order valence-electron chi connectivity index (χ3n) is 10.1. The highest BCUT2D eigenvalue weighted by Crippen LogP contribution is 2.15. The standard InChI is InChI=1S/C41H62N10O7/c1-25(2)34-39(57)48-32(21-18-27-16-19-29(52)20-17-27)40(58)51(4)26(3)35(53)49-33(24-28-12-6-5-7-13-28)37(55)45-22-11-9-15-31(38(56)50-34)47-36(54)30(42)14-8-10-23-46-41(43)44/h5-7,12-13,16-17,19-20,25-26,30-34,52H,8-11,14-15,18,21-24,42H2,1-4H3,(H,45,55)(H,47,54)(H,48,57)(H,49,53)(H,50,56)(H4,43,44,46)/t26-,30-,31?,32?,33-,34?/m0/s1. The Kier molecular flexibility index (Phi) is 18.9. The molecule has 1 fully saturated rings. The summed E-state index contributed by atoms with van der Waals surface area (Å²) in [6, 6.07) is 9.38. The zero-order valence-corrected chi connectivity index (χ0v) is 34.0. The lowest BCUT2D eigenvalue weighted by Crippen LogP contribution is -2.60. The van der Waals surface area contributed by atoms with Crippen molar-refractivity contribution in [2.24, 2.45) is 28.1 Å². The van der Waals surface area contributed by atoms with Crippen molar-refractivity contribution in [1.29, 1.82) is 0 Å². The smallest absolute Gasteiger partial charge is 0.245 e. The van der Waals surface area contributed by atoms with Crippen molar-refractivity contribution >= 4 is 41.4 Å². The monoisotopic (exact) mass is 806 g/mol. The number of benzene rings is 2. The summed E-state index contributed by atoms with van der Waals surface area (Å²) in [7, 11) is 1.45. The van der Waals surface area contributed by atoms with E-state index >= 15 is 0 Å². The van der Waals surface area contributed by atoms with Crippen LogP contribution >= 0.6 is 0 Å². The van der Waals surface area contributed by atoms with Gasteiger partial charge in [-0.25, -0.2) is 0 Å². The molecule has 17 nitrogen and oxygen atoms in total. The van der Waals surface area contributed by atoms with Gasteiger partial charge in [0.2, 0.25) is 35.4 Å². The number of nitrogens with two attached hydrogens (primary N) is 3. The van der Waals surface area contributed by atoms with Crippen molar-refractivity contribution in [3.8, 4) is 5.75 Å². The van der Waals surface area contributed by atoms with E-state index in [0.717, 1.165) is 11.1 Å². The quantitative estimate of drug-likeness (QED) is 0.0747. The minimum atomic E-state index is -1.13. The molecule has 0 saturated carbocycles. The van der Waals surface area contributed by atoms with Crippen LogP contribution in [0.15, 0.2) is 59.6 Å². The van der Waals surface area contributed by atoms with Crippen LogP contribution in [-0.4, -0.2) is 108 Å². The van der Waals surface area contributed by atoms with E-state index in [1.165, 1.54) is 31.0 Å². The molecule has 1 heterocycles. The maximum absolute atomic E-state index is 14.2. The molecule has 12 N–H and O–H groups in total. The van der Waals surface area contributed by atoms with Gasteiger partial charge in [-0.3, -0.25) is 33.8 Å². The summed E-state index contributed by atoms with van der Waals surface area (Å²) in [6.45, 7) is 5.62.